The van der Waals surface area contributed by atoms with Crippen molar-refractivity contribution in [3.8, 4) is 5.69 Å². The molecule has 6 heteroatoms. The molecule has 2 atom stereocenters. The first kappa shape index (κ1) is 22.3. The van der Waals surface area contributed by atoms with Gasteiger partial charge in [-0.3, -0.25) is 4.98 Å². The van der Waals surface area contributed by atoms with Crippen LogP contribution in [0.15, 0.2) is 72.9 Å². The van der Waals surface area contributed by atoms with Gasteiger partial charge in [-0.25, -0.2) is 4.39 Å². The first-order valence-electron chi connectivity index (χ1n) is 11.4. The Morgan fingerprint density at radius 2 is 1.68 bits per heavy atom. The maximum absolute atomic E-state index is 14.8. The van der Waals surface area contributed by atoms with Crippen LogP contribution in [0.4, 0.5) is 10.1 Å². The lowest BCUT2D eigenvalue weighted by Crippen LogP contribution is -2.29. The second kappa shape index (κ2) is 8.69. The summed E-state index contributed by atoms with van der Waals surface area (Å²) in [5, 5.41) is 4.17. The van der Waals surface area contributed by atoms with Crippen LogP contribution in [0.1, 0.15) is 45.9 Å². The zero-order valence-electron chi connectivity index (χ0n) is 19.7. The number of rotatable bonds is 4. The third-order valence-corrected chi connectivity index (χ3v) is 7.06. The number of pyridine rings is 1. The predicted octanol–water partition coefficient (Wildman–Crippen LogP) is 6.42. The highest BCUT2D eigenvalue weighted by atomic mass is 32.1. The molecule has 2 aromatic heterocycles. The van der Waals surface area contributed by atoms with E-state index in [0.717, 1.165) is 28.3 Å². The molecule has 1 aliphatic heterocycles. The van der Waals surface area contributed by atoms with Crippen molar-refractivity contribution >= 4 is 23.0 Å². The van der Waals surface area contributed by atoms with E-state index in [2.05, 4.69) is 53.3 Å². The Morgan fingerprint density at radius 1 is 0.912 bits per heavy atom. The van der Waals surface area contributed by atoms with Gasteiger partial charge in [0.2, 0.25) is 0 Å². The van der Waals surface area contributed by atoms with Gasteiger partial charge in [0.05, 0.1) is 23.5 Å². The minimum Gasteiger partial charge on any atom is -0.351 e. The van der Waals surface area contributed by atoms with Gasteiger partial charge in [0.25, 0.3) is 0 Å². The van der Waals surface area contributed by atoms with E-state index in [1.165, 1.54) is 17.2 Å². The van der Waals surface area contributed by atoms with Crippen molar-refractivity contribution in [2.45, 2.75) is 39.8 Å². The molecule has 0 saturated carbocycles. The van der Waals surface area contributed by atoms with Crippen molar-refractivity contribution in [2.24, 2.45) is 0 Å². The summed E-state index contributed by atoms with van der Waals surface area (Å²) in [5.74, 6) is -0.247. The second-order valence-corrected chi connectivity index (χ2v) is 9.27. The van der Waals surface area contributed by atoms with Gasteiger partial charge in [0, 0.05) is 23.3 Å². The van der Waals surface area contributed by atoms with Crippen LogP contribution >= 0.6 is 12.2 Å². The van der Waals surface area contributed by atoms with Gasteiger partial charge in [0.15, 0.2) is 5.11 Å². The minimum absolute atomic E-state index is 0.142. The zero-order chi connectivity index (χ0) is 24.0. The van der Waals surface area contributed by atoms with E-state index in [-0.39, 0.29) is 17.9 Å². The Morgan fingerprint density at radius 3 is 2.38 bits per heavy atom. The molecule has 0 bridgehead atoms. The maximum Gasteiger partial charge on any atom is 0.174 e. The van der Waals surface area contributed by atoms with Crippen molar-refractivity contribution in [1.82, 2.24) is 14.9 Å². The van der Waals surface area contributed by atoms with E-state index < -0.39 is 0 Å². The summed E-state index contributed by atoms with van der Waals surface area (Å²) in [6.07, 6.45) is 1.80. The third-order valence-electron chi connectivity index (χ3n) is 6.75. The molecule has 2 aromatic carbocycles. The molecule has 1 N–H and O–H groups in total. The van der Waals surface area contributed by atoms with Crippen LogP contribution in [0.5, 0.6) is 0 Å². The number of aromatic nitrogens is 2. The van der Waals surface area contributed by atoms with Gasteiger partial charge in [0.1, 0.15) is 5.82 Å². The van der Waals surface area contributed by atoms with E-state index in [4.69, 9.17) is 12.2 Å². The third kappa shape index (κ3) is 3.68. The molecule has 1 aliphatic rings. The monoisotopic (exact) mass is 470 g/mol. The number of aryl methyl sites for hydroxylation is 3. The fraction of sp³-hybridized carbons (Fsp3) is 0.214. The first-order chi connectivity index (χ1) is 16.4. The van der Waals surface area contributed by atoms with E-state index in [0.29, 0.717) is 10.8 Å². The van der Waals surface area contributed by atoms with Crippen molar-refractivity contribution in [3.05, 3.63) is 113 Å². The molecule has 172 valence electrons. The normalized spacial score (nSPS) is 17.8. The van der Waals surface area contributed by atoms with Crippen LogP contribution in [-0.2, 0) is 0 Å². The Hall–Kier alpha value is -3.51. The zero-order valence-corrected chi connectivity index (χ0v) is 20.5. The van der Waals surface area contributed by atoms with Crippen molar-refractivity contribution < 1.29 is 4.39 Å². The molecule has 0 aliphatic carbocycles. The molecule has 1 fully saturated rings. The van der Waals surface area contributed by atoms with Crippen LogP contribution in [0.25, 0.3) is 5.69 Å². The highest BCUT2D eigenvalue weighted by Crippen LogP contribution is 2.44. The summed E-state index contributed by atoms with van der Waals surface area (Å²) < 4.78 is 16.8. The molecule has 34 heavy (non-hydrogen) atoms. The number of halogens is 1. The first-order valence-corrected chi connectivity index (χ1v) is 11.8. The lowest BCUT2D eigenvalue weighted by Gasteiger charge is -2.28. The number of hydrogen-bond acceptors (Lipinski definition) is 2. The molecule has 4 aromatic rings. The minimum atomic E-state index is -0.247. The Kier molecular flexibility index (Phi) is 5.70. The van der Waals surface area contributed by atoms with Crippen LogP contribution < -0.4 is 10.2 Å². The van der Waals surface area contributed by atoms with Gasteiger partial charge in [-0.1, -0.05) is 24.3 Å². The van der Waals surface area contributed by atoms with Crippen molar-refractivity contribution in [1.29, 1.82) is 0 Å². The topological polar surface area (TPSA) is 33.1 Å². The maximum atomic E-state index is 14.8. The summed E-state index contributed by atoms with van der Waals surface area (Å²) in [4.78, 5) is 6.82. The van der Waals surface area contributed by atoms with Crippen molar-refractivity contribution in [3.63, 3.8) is 0 Å². The summed E-state index contributed by atoms with van der Waals surface area (Å²) in [5.41, 5.74) is 7.96. The lowest BCUT2D eigenvalue weighted by molar-refractivity contribution is 0.564. The molecule has 1 saturated heterocycles. The highest BCUT2D eigenvalue weighted by molar-refractivity contribution is 7.80. The van der Waals surface area contributed by atoms with Gasteiger partial charge in [-0.05, 0) is 99.1 Å². The fourth-order valence-corrected chi connectivity index (χ4v) is 5.26. The van der Waals surface area contributed by atoms with E-state index in [1.807, 2.05) is 48.7 Å². The number of para-hydroxylation sites is 1. The molecule has 2 unspecified atom stereocenters. The SMILES string of the molecule is Cc1ccc(N2C(=S)NC(c3ccccn3)C2c2cc(C)n(-c3ccccc3F)c2C)cc1C. The molecule has 4 nitrogen and oxygen atoms in total. The average Bonchev–Trinajstić information content (AvgIpc) is 3.32. The number of nitrogens with one attached hydrogen (secondary N) is 1. The standard InChI is InChI=1S/C28H27FN4S/c1-17-12-13-21(15-18(17)2)33-27(26(31-28(33)34)24-10-7-8-14-30-24)22-16-19(3)32(20(22)4)25-11-6-5-9-23(25)29/h5-16,26-27H,1-4H3,(H,31,34). The lowest BCUT2D eigenvalue weighted by atomic mass is 9.96. The van der Waals surface area contributed by atoms with Crippen molar-refractivity contribution in [2.75, 3.05) is 4.90 Å². The van der Waals surface area contributed by atoms with Crippen LogP contribution in [0.3, 0.4) is 0 Å². The number of benzene rings is 2. The van der Waals surface area contributed by atoms with Gasteiger partial charge >= 0.3 is 0 Å². The number of hydrogen-bond donors (Lipinski definition) is 1. The highest BCUT2D eigenvalue weighted by Gasteiger charge is 2.42. The summed E-state index contributed by atoms with van der Waals surface area (Å²) >= 11 is 5.87. The molecular formula is C28H27FN4S. The Bertz CT molecular complexity index is 1380. The quantitative estimate of drug-likeness (QED) is 0.349. The van der Waals surface area contributed by atoms with E-state index in [9.17, 15) is 4.39 Å². The average molecular weight is 471 g/mol. The molecular weight excluding hydrogens is 443 g/mol. The molecule has 0 radical (unpaired) electrons. The van der Waals surface area contributed by atoms with Crippen LogP contribution in [0.2, 0.25) is 0 Å². The molecule has 3 heterocycles. The van der Waals surface area contributed by atoms with Crippen LogP contribution in [-0.4, -0.2) is 14.7 Å². The number of thiocarbonyl (C=S) groups is 1. The summed E-state index contributed by atoms with van der Waals surface area (Å²) in [6, 6.07) is 21.1. The molecule has 0 spiro atoms. The van der Waals surface area contributed by atoms with Gasteiger partial charge < -0.3 is 14.8 Å². The predicted molar refractivity (Wildman–Crippen MR) is 139 cm³/mol. The van der Waals surface area contributed by atoms with Gasteiger partial charge in [-0.15, -0.1) is 0 Å². The fourth-order valence-electron chi connectivity index (χ4n) is 4.92. The number of nitrogens with zero attached hydrogens (tertiary/aromatic N) is 3. The second-order valence-electron chi connectivity index (χ2n) is 8.88. The molecule has 5 rings (SSSR count). The molecule has 0 amide bonds. The van der Waals surface area contributed by atoms with E-state index in [1.54, 1.807) is 12.3 Å². The van der Waals surface area contributed by atoms with Gasteiger partial charge in [-0.2, -0.15) is 0 Å². The summed E-state index contributed by atoms with van der Waals surface area (Å²) in [6.45, 7) is 8.28. The van der Waals surface area contributed by atoms with E-state index >= 15 is 0 Å². The number of anilines is 1. The smallest absolute Gasteiger partial charge is 0.174 e. The summed E-state index contributed by atoms with van der Waals surface area (Å²) in [7, 11) is 0. The Labute approximate surface area is 205 Å². The Balaban J connectivity index is 1.70. The largest absolute Gasteiger partial charge is 0.351 e. The van der Waals surface area contributed by atoms with Crippen LogP contribution in [0, 0.1) is 33.5 Å².